The maximum Gasteiger partial charge on any atom is 0.257 e. The average molecular weight is 366 g/mol. The van der Waals surface area contributed by atoms with E-state index in [0.29, 0.717) is 22.7 Å². The van der Waals surface area contributed by atoms with E-state index in [1.165, 1.54) is 6.20 Å². The Labute approximate surface area is 160 Å². The molecule has 6 heteroatoms. The van der Waals surface area contributed by atoms with Gasteiger partial charge in [-0.2, -0.15) is 0 Å². The fourth-order valence-electron chi connectivity index (χ4n) is 3.30. The van der Waals surface area contributed by atoms with Crippen molar-refractivity contribution in [2.75, 3.05) is 31.5 Å². The van der Waals surface area contributed by atoms with E-state index in [9.17, 15) is 9.59 Å². The van der Waals surface area contributed by atoms with Crippen LogP contribution in [0.3, 0.4) is 0 Å². The molecule has 1 aromatic carbocycles. The van der Waals surface area contributed by atoms with E-state index in [0.717, 1.165) is 39.0 Å². The van der Waals surface area contributed by atoms with Crippen molar-refractivity contribution in [1.29, 1.82) is 0 Å². The zero-order valence-electron chi connectivity index (χ0n) is 15.6. The third-order valence-corrected chi connectivity index (χ3v) is 4.88. The van der Waals surface area contributed by atoms with Gasteiger partial charge in [-0.15, -0.1) is 0 Å². The Morgan fingerprint density at radius 2 is 1.93 bits per heavy atom. The highest BCUT2D eigenvalue weighted by Gasteiger charge is 2.23. The second-order valence-corrected chi connectivity index (χ2v) is 6.82. The van der Waals surface area contributed by atoms with E-state index in [4.69, 9.17) is 0 Å². The van der Waals surface area contributed by atoms with Gasteiger partial charge in [0.1, 0.15) is 0 Å². The van der Waals surface area contributed by atoms with Crippen LogP contribution in [-0.4, -0.2) is 47.9 Å². The highest BCUT2D eigenvalue weighted by molar-refractivity contribution is 6.04. The molecule has 1 aliphatic heterocycles. The first-order valence-corrected chi connectivity index (χ1v) is 9.49. The number of hydrogen-bond donors (Lipinski definition) is 2. The molecule has 0 aliphatic carbocycles. The maximum atomic E-state index is 12.8. The summed E-state index contributed by atoms with van der Waals surface area (Å²) in [5.74, 6) is 0.422. The number of anilines is 1. The fourth-order valence-corrected chi connectivity index (χ4v) is 3.30. The van der Waals surface area contributed by atoms with E-state index in [-0.39, 0.29) is 11.8 Å². The van der Waals surface area contributed by atoms with Crippen LogP contribution in [0.2, 0.25) is 0 Å². The average Bonchev–Trinajstić information content (AvgIpc) is 2.73. The number of pyridine rings is 1. The fraction of sp³-hybridized carbons (Fsp3) is 0.381. The molecular formula is C21H26N4O2. The van der Waals surface area contributed by atoms with Crippen molar-refractivity contribution in [2.45, 2.75) is 19.8 Å². The van der Waals surface area contributed by atoms with Crippen LogP contribution in [0.25, 0.3) is 0 Å². The van der Waals surface area contributed by atoms with E-state index in [1.807, 2.05) is 4.90 Å². The van der Waals surface area contributed by atoms with Crippen LogP contribution >= 0.6 is 0 Å². The predicted octanol–water partition coefficient (Wildman–Crippen LogP) is 2.80. The third kappa shape index (κ3) is 5.14. The minimum Gasteiger partial charge on any atom is -0.339 e. The van der Waals surface area contributed by atoms with Gasteiger partial charge < -0.3 is 15.5 Å². The Kier molecular flexibility index (Phi) is 6.54. The molecule has 2 aromatic rings. The SMILES string of the molecule is CCNCC1CCN(C(=O)c2cccc(NC(=O)c3cccnc3)c2)CC1. The van der Waals surface area contributed by atoms with Crippen molar-refractivity contribution in [3.8, 4) is 0 Å². The molecule has 0 unspecified atom stereocenters. The Morgan fingerprint density at radius 3 is 2.63 bits per heavy atom. The van der Waals surface area contributed by atoms with Crippen molar-refractivity contribution in [1.82, 2.24) is 15.2 Å². The Morgan fingerprint density at radius 1 is 1.15 bits per heavy atom. The van der Waals surface area contributed by atoms with E-state index < -0.39 is 0 Å². The molecule has 6 nitrogen and oxygen atoms in total. The van der Waals surface area contributed by atoms with Crippen LogP contribution in [0.1, 0.15) is 40.5 Å². The summed E-state index contributed by atoms with van der Waals surface area (Å²) in [5.41, 5.74) is 1.69. The number of piperidine rings is 1. The van der Waals surface area contributed by atoms with Gasteiger partial charge in [0.15, 0.2) is 0 Å². The monoisotopic (exact) mass is 366 g/mol. The van der Waals surface area contributed by atoms with Gasteiger partial charge in [-0.25, -0.2) is 0 Å². The zero-order chi connectivity index (χ0) is 19.1. The van der Waals surface area contributed by atoms with Gasteiger partial charge in [-0.05, 0) is 62.2 Å². The molecule has 1 saturated heterocycles. The van der Waals surface area contributed by atoms with Crippen molar-refractivity contribution in [3.05, 3.63) is 59.9 Å². The molecule has 0 spiro atoms. The molecule has 0 atom stereocenters. The van der Waals surface area contributed by atoms with Crippen LogP contribution in [0, 0.1) is 5.92 Å². The van der Waals surface area contributed by atoms with Gasteiger partial charge >= 0.3 is 0 Å². The summed E-state index contributed by atoms with van der Waals surface area (Å²) in [5, 5.41) is 6.21. The highest BCUT2D eigenvalue weighted by atomic mass is 16.2. The first-order chi connectivity index (χ1) is 13.2. The summed E-state index contributed by atoms with van der Waals surface area (Å²) in [6, 6.07) is 10.5. The van der Waals surface area contributed by atoms with Gasteiger partial charge in [0, 0.05) is 36.7 Å². The minimum absolute atomic E-state index is 0.0226. The van der Waals surface area contributed by atoms with Crippen LogP contribution in [-0.2, 0) is 0 Å². The first kappa shape index (κ1) is 19.0. The lowest BCUT2D eigenvalue weighted by Crippen LogP contribution is -2.40. The standard InChI is InChI=1S/C21H26N4O2/c1-2-22-14-16-8-11-25(12-9-16)21(27)17-5-3-7-19(13-17)24-20(26)18-6-4-10-23-15-18/h3-7,10,13,15-16,22H,2,8-9,11-12,14H2,1H3,(H,24,26). The Balaban J connectivity index is 1.60. The van der Waals surface area contributed by atoms with Crippen molar-refractivity contribution < 1.29 is 9.59 Å². The smallest absolute Gasteiger partial charge is 0.257 e. The molecule has 0 bridgehead atoms. The molecule has 3 rings (SSSR count). The second-order valence-electron chi connectivity index (χ2n) is 6.82. The summed E-state index contributed by atoms with van der Waals surface area (Å²) in [7, 11) is 0. The molecule has 2 heterocycles. The van der Waals surface area contributed by atoms with E-state index in [2.05, 4.69) is 22.5 Å². The third-order valence-electron chi connectivity index (χ3n) is 4.88. The van der Waals surface area contributed by atoms with Crippen molar-refractivity contribution in [3.63, 3.8) is 0 Å². The van der Waals surface area contributed by atoms with Gasteiger partial charge in [0.05, 0.1) is 5.56 Å². The van der Waals surface area contributed by atoms with Gasteiger partial charge in [0.25, 0.3) is 11.8 Å². The second kappa shape index (κ2) is 9.28. The quantitative estimate of drug-likeness (QED) is 0.824. The summed E-state index contributed by atoms with van der Waals surface area (Å²) < 4.78 is 0. The van der Waals surface area contributed by atoms with Crippen molar-refractivity contribution in [2.24, 2.45) is 5.92 Å². The number of amides is 2. The lowest BCUT2D eigenvalue weighted by Gasteiger charge is -2.32. The summed E-state index contributed by atoms with van der Waals surface area (Å²) in [6.07, 6.45) is 5.19. The molecule has 0 saturated carbocycles. The molecule has 1 fully saturated rings. The number of hydrogen-bond acceptors (Lipinski definition) is 4. The number of nitrogens with one attached hydrogen (secondary N) is 2. The molecule has 142 valence electrons. The predicted molar refractivity (Wildman–Crippen MR) is 106 cm³/mol. The topological polar surface area (TPSA) is 74.3 Å². The van der Waals surface area contributed by atoms with Gasteiger partial charge in [-0.3, -0.25) is 14.6 Å². The van der Waals surface area contributed by atoms with Crippen LogP contribution in [0.4, 0.5) is 5.69 Å². The maximum absolute atomic E-state index is 12.8. The van der Waals surface area contributed by atoms with Gasteiger partial charge in [-0.1, -0.05) is 13.0 Å². The lowest BCUT2D eigenvalue weighted by molar-refractivity contribution is 0.0690. The number of rotatable bonds is 6. The molecule has 27 heavy (non-hydrogen) atoms. The Bertz CT molecular complexity index is 771. The van der Waals surface area contributed by atoms with E-state index >= 15 is 0 Å². The molecule has 1 aromatic heterocycles. The number of benzene rings is 1. The number of carbonyl (C=O) groups excluding carboxylic acids is 2. The minimum atomic E-state index is -0.239. The molecule has 0 radical (unpaired) electrons. The zero-order valence-corrected chi connectivity index (χ0v) is 15.6. The first-order valence-electron chi connectivity index (χ1n) is 9.49. The van der Waals surface area contributed by atoms with Crippen LogP contribution in [0.15, 0.2) is 48.8 Å². The number of carbonyl (C=O) groups is 2. The molecule has 2 N–H and O–H groups in total. The number of likely N-dealkylation sites (tertiary alicyclic amines) is 1. The van der Waals surface area contributed by atoms with Gasteiger partial charge in [0.2, 0.25) is 0 Å². The van der Waals surface area contributed by atoms with E-state index in [1.54, 1.807) is 42.6 Å². The van der Waals surface area contributed by atoms with Crippen LogP contribution in [0.5, 0.6) is 0 Å². The molecular weight excluding hydrogens is 340 g/mol. The summed E-state index contributed by atoms with van der Waals surface area (Å²) >= 11 is 0. The lowest BCUT2D eigenvalue weighted by atomic mass is 9.96. The van der Waals surface area contributed by atoms with Crippen LogP contribution < -0.4 is 10.6 Å². The van der Waals surface area contributed by atoms with Crippen molar-refractivity contribution >= 4 is 17.5 Å². The summed E-state index contributed by atoms with van der Waals surface area (Å²) in [6.45, 7) is 5.67. The number of aromatic nitrogens is 1. The number of nitrogens with zero attached hydrogens (tertiary/aromatic N) is 2. The largest absolute Gasteiger partial charge is 0.339 e. The molecule has 2 amide bonds. The highest BCUT2D eigenvalue weighted by Crippen LogP contribution is 2.20. The summed E-state index contributed by atoms with van der Waals surface area (Å²) in [4.78, 5) is 30.9. The Hall–Kier alpha value is -2.73. The normalized spacial score (nSPS) is 14.8. The molecule has 1 aliphatic rings.